The van der Waals surface area contributed by atoms with Crippen molar-refractivity contribution in [3.05, 3.63) is 36.2 Å². The number of carbonyl (C=O) groups excluding carboxylic acids is 2. The standard InChI is InChI=1S/C19H21N5O3/c1-11(2)10-27-18(26)9-24-17-8-22-16(14-6-20-13(4)21-7-14)5-15(17)19(23-24)12(3)25/h5-8,11H,9-10H2,1-4H3. The number of hydrogen-bond donors (Lipinski definition) is 0. The minimum absolute atomic E-state index is 0.0782. The van der Waals surface area contributed by atoms with E-state index in [1.165, 1.54) is 11.6 Å². The van der Waals surface area contributed by atoms with E-state index in [4.69, 9.17) is 4.74 Å². The van der Waals surface area contributed by atoms with Crippen molar-refractivity contribution >= 4 is 22.7 Å². The van der Waals surface area contributed by atoms with Gasteiger partial charge in [0.15, 0.2) is 5.78 Å². The zero-order chi connectivity index (χ0) is 19.6. The Balaban J connectivity index is 1.98. The van der Waals surface area contributed by atoms with Gasteiger partial charge in [-0.2, -0.15) is 5.10 Å². The third-order valence-corrected chi connectivity index (χ3v) is 3.90. The monoisotopic (exact) mass is 367 g/mol. The van der Waals surface area contributed by atoms with Crippen LogP contribution < -0.4 is 0 Å². The fraction of sp³-hybridized carbons (Fsp3) is 0.368. The van der Waals surface area contributed by atoms with Gasteiger partial charge < -0.3 is 4.74 Å². The van der Waals surface area contributed by atoms with Crippen molar-refractivity contribution in [3.63, 3.8) is 0 Å². The Morgan fingerprint density at radius 1 is 1.15 bits per heavy atom. The van der Waals surface area contributed by atoms with Crippen molar-refractivity contribution in [3.8, 4) is 11.3 Å². The third-order valence-electron chi connectivity index (χ3n) is 3.90. The van der Waals surface area contributed by atoms with Gasteiger partial charge >= 0.3 is 5.97 Å². The second kappa shape index (κ2) is 7.61. The molecule has 3 rings (SSSR count). The normalized spacial score (nSPS) is 11.1. The molecular formula is C19H21N5O3. The van der Waals surface area contributed by atoms with Crippen LogP contribution in [-0.2, 0) is 16.1 Å². The summed E-state index contributed by atoms with van der Waals surface area (Å²) in [6, 6.07) is 1.77. The molecule has 0 aliphatic heterocycles. The largest absolute Gasteiger partial charge is 0.464 e. The summed E-state index contributed by atoms with van der Waals surface area (Å²) >= 11 is 0. The van der Waals surface area contributed by atoms with Crippen LogP contribution >= 0.6 is 0 Å². The van der Waals surface area contributed by atoms with E-state index in [1.807, 2.05) is 13.8 Å². The summed E-state index contributed by atoms with van der Waals surface area (Å²) in [6.07, 6.45) is 4.95. The molecular weight excluding hydrogens is 346 g/mol. The molecule has 0 aliphatic rings. The summed E-state index contributed by atoms with van der Waals surface area (Å²) in [5, 5.41) is 4.93. The van der Waals surface area contributed by atoms with E-state index in [0.29, 0.717) is 34.7 Å². The molecule has 8 nitrogen and oxygen atoms in total. The van der Waals surface area contributed by atoms with Crippen LogP contribution in [-0.4, -0.2) is 43.1 Å². The van der Waals surface area contributed by atoms with Crippen molar-refractivity contribution in [2.24, 2.45) is 5.92 Å². The molecule has 0 aromatic carbocycles. The fourth-order valence-corrected chi connectivity index (χ4v) is 2.56. The second-order valence-corrected chi connectivity index (χ2v) is 6.74. The van der Waals surface area contributed by atoms with Crippen LogP contribution in [0.5, 0.6) is 0 Å². The van der Waals surface area contributed by atoms with E-state index in [-0.39, 0.29) is 18.2 Å². The van der Waals surface area contributed by atoms with E-state index in [9.17, 15) is 9.59 Å². The number of fused-ring (bicyclic) bond motifs is 1. The second-order valence-electron chi connectivity index (χ2n) is 6.74. The molecule has 0 spiro atoms. The molecule has 0 aliphatic carbocycles. The van der Waals surface area contributed by atoms with Gasteiger partial charge in [-0.1, -0.05) is 13.8 Å². The molecule has 27 heavy (non-hydrogen) atoms. The number of ether oxygens (including phenoxy) is 1. The molecule has 0 saturated carbocycles. The van der Waals surface area contributed by atoms with Gasteiger partial charge in [0.25, 0.3) is 0 Å². The summed E-state index contributed by atoms with van der Waals surface area (Å²) in [6.45, 7) is 7.43. The quantitative estimate of drug-likeness (QED) is 0.487. The maximum atomic E-state index is 12.1. The number of nitrogens with zero attached hydrogens (tertiary/aromatic N) is 5. The third kappa shape index (κ3) is 4.16. The van der Waals surface area contributed by atoms with Crippen molar-refractivity contribution in [2.75, 3.05) is 6.61 Å². The first-order chi connectivity index (χ1) is 12.8. The van der Waals surface area contributed by atoms with Gasteiger partial charge in [-0.05, 0) is 18.9 Å². The fourth-order valence-electron chi connectivity index (χ4n) is 2.56. The van der Waals surface area contributed by atoms with Crippen LogP contribution in [0.1, 0.15) is 37.1 Å². The first kappa shape index (κ1) is 18.6. The Hall–Kier alpha value is -3.16. The Bertz CT molecular complexity index is 992. The van der Waals surface area contributed by atoms with E-state index < -0.39 is 5.97 Å². The average molecular weight is 367 g/mol. The molecule has 0 fully saturated rings. The number of rotatable bonds is 6. The van der Waals surface area contributed by atoms with Crippen molar-refractivity contribution in [1.82, 2.24) is 24.7 Å². The number of esters is 1. The minimum atomic E-state index is -0.404. The molecule has 0 atom stereocenters. The number of aromatic nitrogens is 5. The molecule has 3 heterocycles. The van der Waals surface area contributed by atoms with Gasteiger partial charge in [-0.15, -0.1) is 0 Å². The Kier molecular flexibility index (Phi) is 5.25. The lowest BCUT2D eigenvalue weighted by atomic mass is 10.1. The smallest absolute Gasteiger partial charge is 0.327 e. The van der Waals surface area contributed by atoms with Crippen LogP contribution in [0, 0.1) is 12.8 Å². The number of aryl methyl sites for hydroxylation is 1. The molecule has 3 aromatic rings. The number of hydrogen-bond acceptors (Lipinski definition) is 7. The van der Waals surface area contributed by atoms with Crippen LogP contribution in [0.3, 0.4) is 0 Å². The van der Waals surface area contributed by atoms with E-state index in [2.05, 4.69) is 20.1 Å². The van der Waals surface area contributed by atoms with Gasteiger partial charge in [0.1, 0.15) is 18.1 Å². The molecule has 3 aromatic heterocycles. The summed E-state index contributed by atoms with van der Waals surface area (Å²) in [5.74, 6) is 0.319. The molecule has 0 amide bonds. The average Bonchev–Trinajstić information content (AvgIpc) is 2.98. The number of pyridine rings is 1. The van der Waals surface area contributed by atoms with Crippen molar-refractivity contribution < 1.29 is 14.3 Å². The van der Waals surface area contributed by atoms with Gasteiger partial charge in [0, 0.05) is 30.3 Å². The molecule has 0 unspecified atom stereocenters. The highest BCUT2D eigenvalue weighted by Crippen LogP contribution is 2.24. The lowest BCUT2D eigenvalue weighted by Gasteiger charge is -2.07. The van der Waals surface area contributed by atoms with Crippen LogP contribution in [0.15, 0.2) is 24.7 Å². The van der Waals surface area contributed by atoms with Crippen molar-refractivity contribution in [2.45, 2.75) is 34.2 Å². The van der Waals surface area contributed by atoms with Gasteiger partial charge in [0.05, 0.1) is 24.0 Å². The van der Waals surface area contributed by atoms with Gasteiger partial charge in [0.2, 0.25) is 0 Å². The van der Waals surface area contributed by atoms with Gasteiger partial charge in [-0.25, -0.2) is 9.97 Å². The predicted octanol–water partition coefficient (Wildman–Crippen LogP) is 2.60. The molecule has 0 saturated heterocycles. The summed E-state index contributed by atoms with van der Waals surface area (Å²) < 4.78 is 6.66. The zero-order valence-electron chi connectivity index (χ0n) is 15.8. The van der Waals surface area contributed by atoms with Crippen molar-refractivity contribution in [1.29, 1.82) is 0 Å². The predicted molar refractivity (Wildman–Crippen MR) is 99.1 cm³/mol. The zero-order valence-corrected chi connectivity index (χ0v) is 15.8. The minimum Gasteiger partial charge on any atom is -0.464 e. The van der Waals surface area contributed by atoms with E-state index >= 15 is 0 Å². The number of ketones is 1. The van der Waals surface area contributed by atoms with Crippen LogP contribution in [0.4, 0.5) is 0 Å². The summed E-state index contributed by atoms with van der Waals surface area (Å²) in [7, 11) is 0. The van der Waals surface area contributed by atoms with E-state index in [0.717, 1.165) is 5.56 Å². The lowest BCUT2D eigenvalue weighted by Crippen LogP contribution is -2.17. The summed E-state index contributed by atoms with van der Waals surface area (Å²) in [4.78, 5) is 36.8. The maximum absolute atomic E-state index is 12.1. The van der Waals surface area contributed by atoms with Gasteiger partial charge in [-0.3, -0.25) is 19.3 Å². The first-order valence-electron chi connectivity index (χ1n) is 8.67. The highest BCUT2D eigenvalue weighted by Gasteiger charge is 2.18. The van der Waals surface area contributed by atoms with E-state index in [1.54, 1.807) is 31.6 Å². The number of carbonyl (C=O) groups is 2. The SMILES string of the molecule is CC(=O)c1nn(CC(=O)OCC(C)C)c2cnc(-c3cnc(C)nc3)cc12. The summed E-state index contributed by atoms with van der Waals surface area (Å²) in [5.41, 5.74) is 2.25. The molecule has 0 N–H and O–H groups in total. The molecule has 0 radical (unpaired) electrons. The van der Waals surface area contributed by atoms with Crippen LogP contribution in [0.2, 0.25) is 0 Å². The lowest BCUT2D eigenvalue weighted by molar-refractivity contribution is -0.145. The highest BCUT2D eigenvalue weighted by atomic mass is 16.5. The molecule has 0 bridgehead atoms. The Morgan fingerprint density at radius 2 is 1.85 bits per heavy atom. The first-order valence-corrected chi connectivity index (χ1v) is 8.67. The Morgan fingerprint density at radius 3 is 2.48 bits per heavy atom. The molecule has 140 valence electrons. The Labute approximate surface area is 156 Å². The molecule has 8 heteroatoms. The topological polar surface area (TPSA) is 99.9 Å². The maximum Gasteiger partial charge on any atom is 0.327 e. The highest BCUT2D eigenvalue weighted by molar-refractivity contribution is 6.05. The number of Topliss-reactive ketones (excluding diaryl/α,β-unsaturated/α-hetero) is 1. The van der Waals surface area contributed by atoms with Crippen LogP contribution in [0.25, 0.3) is 22.2 Å².